The van der Waals surface area contributed by atoms with Crippen LogP contribution >= 0.6 is 11.6 Å². The standard InChI is InChI=1S/C13H17ClN2O3/c1-3-11(12(17)18)15-13(19)16(2)8-9-6-4-5-7-10(9)14/h4-7,11H,3,8H2,1-2H3,(H,15,19)(H,17,18)/t11-/m1/s1. The number of carbonyl (C=O) groups excluding carboxylic acids is 1. The molecule has 0 unspecified atom stereocenters. The van der Waals surface area contributed by atoms with Crippen LogP contribution in [-0.2, 0) is 11.3 Å². The minimum Gasteiger partial charge on any atom is -0.480 e. The molecule has 2 N–H and O–H groups in total. The number of nitrogens with zero attached hydrogens (tertiary/aromatic N) is 1. The molecule has 0 radical (unpaired) electrons. The molecule has 0 aliphatic carbocycles. The first-order chi connectivity index (χ1) is 8.95. The van der Waals surface area contributed by atoms with E-state index in [4.69, 9.17) is 16.7 Å². The van der Waals surface area contributed by atoms with Crippen LogP contribution < -0.4 is 5.32 Å². The van der Waals surface area contributed by atoms with E-state index in [-0.39, 0.29) is 0 Å². The van der Waals surface area contributed by atoms with Gasteiger partial charge in [0, 0.05) is 18.6 Å². The molecule has 1 aromatic carbocycles. The van der Waals surface area contributed by atoms with Gasteiger partial charge < -0.3 is 15.3 Å². The first kappa shape index (κ1) is 15.3. The van der Waals surface area contributed by atoms with E-state index in [1.54, 1.807) is 20.0 Å². The molecule has 0 bridgehead atoms. The minimum atomic E-state index is -1.04. The summed E-state index contributed by atoms with van der Waals surface area (Å²) in [5.41, 5.74) is 0.810. The second kappa shape index (κ2) is 6.99. The lowest BCUT2D eigenvalue weighted by Gasteiger charge is -2.21. The molecular formula is C13H17ClN2O3. The maximum absolute atomic E-state index is 11.8. The Morgan fingerprint density at radius 1 is 1.42 bits per heavy atom. The van der Waals surface area contributed by atoms with Crippen molar-refractivity contribution >= 4 is 23.6 Å². The van der Waals surface area contributed by atoms with Crippen LogP contribution in [0.25, 0.3) is 0 Å². The van der Waals surface area contributed by atoms with E-state index >= 15 is 0 Å². The number of halogens is 1. The summed E-state index contributed by atoms with van der Waals surface area (Å²) in [4.78, 5) is 24.1. The number of benzene rings is 1. The first-order valence-electron chi connectivity index (χ1n) is 5.93. The highest BCUT2D eigenvalue weighted by atomic mass is 35.5. The molecule has 0 saturated heterocycles. The van der Waals surface area contributed by atoms with Crippen LogP contribution in [0, 0.1) is 0 Å². The summed E-state index contributed by atoms with van der Waals surface area (Å²) in [6, 6.07) is 5.90. The first-order valence-corrected chi connectivity index (χ1v) is 6.31. The highest BCUT2D eigenvalue weighted by Gasteiger charge is 2.20. The van der Waals surface area contributed by atoms with Gasteiger partial charge in [0.1, 0.15) is 6.04 Å². The Labute approximate surface area is 117 Å². The van der Waals surface area contributed by atoms with E-state index < -0.39 is 18.0 Å². The number of hydrogen-bond acceptors (Lipinski definition) is 2. The van der Waals surface area contributed by atoms with Gasteiger partial charge in [0.2, 0.25) is 0 Å². The van der Waals surface area contributed by atoms with Crippen LogP contribution in [0.15, 0.2) is 24.3 Å². The van der Waals surface area contributed by atoms with E-state index in [1.807, 2.05) is 18.2 Å². The lowest BCUT2D eigenvalue weighted by atomic mass is 10.2. The number of carboxylic acids is 1. The number of urea groups is 1. The summed E-state index contributed by atoms with van der Waals surface area (Å²) >= 11 is 6.00. The summed E-state index contributed by atoms with van der Waals surface area (Å²) in [5.74, 6) is -1.04. The molecule has 0 aliphatic rings. The second-order valence-corrected chi connectivity index (χ2v) is 4.60. The van der Waals surface area contributed by atoms with Crippen molar-refractivity contribution < 1.29 is 14.7 Å². The Kier molecular flexibility index (Phi) is 5.63. The molecule has 1 rings (SSSR count). The number of carboxylic acid groups (broad SMARTS) is 1. The molecule has 0 spiro atoms. The van der Waals surface area contributed by atoms with Gasteiger partial charge in [-0.3, -0.25) is 0 Å². The van der Waals surface area contributed by atoms with Gasteiger partial charge in [0.05, 0.1) is 0 Å². The fourth-order valence-corrected chi connectivity index (χ4v) is 1.75. The van der Waals surface area contributed by atoms with Crippen molar-refractivity contribution in [2.24, 2.45) is 0 Å². The number of amides is 2. The van der Waals surface area contributed by atoms with Gasteiger partial charge in [-0.05, 0) is 18.1 Å². The average molecular weight is 285 g/mol. The summed E-state index contributed by atoms with van der Waals surface area (Å²) in [6.45, 7) is 2.02. The summed E-state index contributed by atoms with van der Waals surface area (Å²) in [5, 5.41) is 11.9. The molecule has 0 saturated carbocycles. The quantitative estimate of drug-likeness (QED) is 0.872. The molecule has 0 aliphatic heterocycles. The van der Waals surface area contributed by atoms with E-state index in [1.165, 1.54) is 4.90 Å². The van der Waals surface area contributed by atoms with Gasteiger partial charge in [-0.2, -0.15) is 0 Å². The zero-order valence-electron chi connectivity index (χ0n) is 10.9. The monoisotopic (exact) mass is 284 g/mol. The van der Waals surface area contributed by atoms with Crippen LogP contribution in [0.5, 0.6) is 0 Å². The van der Waals surface area contributed by atoms with Gasteiger partial charge >= 0.3 is 12.0 Å². The Hall–Kier alpha value is -1.75. The molecule has 0 aromatic heterocycles. The predicted octanol–water partition coefficient (Wildman–Crippen LogP) is 2.34. The van der Waals surface area contributed by atoms with Crippen LogP contribution in [0.3, 0.4) is 0 Å². The zero-order chi connectivity index (χ0) is 14.4. The maximum atomic E-state index is 11.8. The number of nitrogens with one attached hydrogen (secondary N) is 1. The van der Waals surface area contributed by atoms with Crippen LogP contribution in [-0.4, -0.2) is 35.1 Å². The van der Waals surface area contributed by atoms with Crippen LogP contribution in [0.2, 0.25) is 5.02 Å². The van der Waals surface area contributed by atoms with Crippen molar-refractivity contribution in [3.05, 3.63) is 34.9 Å². The van der Waals surface area contributed by atoms with Gasteiger partial charge in [0.25, 0.3) is 0 Å². The lowest BCUT2D eigenvalue weighted by Crippen LogP contribution is -2.46. The van der Waals surface area contributed by atoms with Gasteiger partial charge in [-0.25, -0.2) is 9.59 Å². The maximum Gasteiger partial charge on any atom is 0.326 e. The zero-order valence-corrected chi connectivity index (χ0v) is 11.6. The van der Waals surface area contributed by atoms with E-state index in [0.29, 0.717) is 18.0 Å². The molecule has 5 nitrogen and oxygen atoms in total. The van der Waals surface area contributed by atoms with Crippen molar-refractivity contribution in [1.82, 2.24) is 10.2 Å². The smallest absolute Gasteiger partial charge is 0.326 e. The molecule has 19 heavy (non-hydrogen) atoms. The minimum absolute atomic E-state index is 0.321. The summed E-state index contributed by atoms with van der Waals surface area (Å²) in [6.07, 6.45) is 0.334. The van der Waals surface area contributed by atoms with Gasteiger partial charge in [0.15, 0.2) is 0 Å². The van der Waals surface area contributed by atoms with Crippen molar-refractivity contribution in [2.45, 2.75) is 25.9 Å². The third kappa shape index (κ3) is 4.44. The fraction of sp³-hybridized carbons (Fsp3) is 0.385. The molecule has 0 fully saturated rings. The predicted molar refractivity (Wildman–Crippen MR) is 73.2 cm³/mol. The summed E-state index contributed by atoms with van der Waals surface area (Å²) in [7, 11) is 1.59. The average Bonchev–Trinajstić information content (AvgIpc) is 2.37. The number of rotatable bonds is 5. The third-order valence-corrected chi connectivity index (χ3v) is 3.08. The van der Waals surface area contributed by atoms with E-state index in [0.717, 1.165) is 5.56 Å². The number of hydrogen-bond donors (Lipinski definition) is 2. The second-order valence-electron chi connectivity index (χ2n) is 4.20. The molecule has 1 aromatic rings. The normalized spacial score (nSPS) is 11.7. The molecule has 1 atom stereocenters. The number of carbonyl (C=O) groups is 2. The molecule has 6 heteroatoms. The summed E-state index contributed by atoms with van der Waals surface area (Å²) < 4.78 is 0. The largest absolute Gasteiger partial charge is 0.480 e. The Morgan fingerprint density at radius 2 is 2.05 bits per heavy atom. The highest BCUT2D eigenvalue weighted by Crippen LogP contribution is 2.16. The Morgan fingerprint density at radius 3 is 2.58 bits per heavy atom. The van der Waals surface area contributed by atoms with Crippen molar-refractivity contribution in [1.29, 1.82) is 0 Å². The van der Waals surface area contributed by atoms with Gasteiger partial charge in [-0.1, -0.05) is 36.7 Å². The van der Waals surface area contributed by atoms with E-state index in [2.05, 4.69) is 5.32 Å². The van der Waals surface area contributed by atoms with E-state index in [9.17, 15) is 9.59 Å². The Bertz CT molecular complexity index is 465. The third-order valence-electron chi connectivity index (χ3n) is 2.72. The topological polar surface area (TPSA) is 69.6 Å². The van der Waals surface area contributed by atoms with Crippen molar-refractivity contribution in [2.75, 3.05) is 7.05 Å². The number of aliphatic carboxylic acids is 1. The molecule has 0 heterocycles. The highest BCUT2D eigenvalue weighted by molar-refractivity contribution is 6.31. The van der Waals surface area contributed by atoms with Crippen molar-refractivity contribution in [3.8, 4) is 0 Å². The molecule has 2 amide bonds. The SMILES string of the molecule is CC[C@@H](NC(=O)N(C)Cc1ccccc1Cl)C(=O)O. The van der Waals surface area contributed by atoms with Crippen LogP contribution in [0.1, 0.15) is 18.9 Å². The Balaban J connectivity index is 2.63. The fourth-order valence-electron chi connectivity index (χ4n) is 1.55. The van der Waals surface area contributed by atoms with Crippen molar-refractivity contribution in [3.63, 3.8) is 0 Å². The van der Waals surface area contributed by atoms with Crippen LogP contribution in [0.4, 0.5) is 4.79 Å². The molecular weight excluding hydrogens is 268 g/mol. The van der Waals surface area contributed by atoms with Gasteiger partial charge in [-0.15, -0.1) is 0 Å². The lowest BCUT2D eigenvalue weighted by molar-refractivity contribution is -0.139. The molecule has 104 valence electrons.